The third-order valence-electron chi connectivity index (χ3n) is 3.63. The lowest BCUT2D eigenvalue weighted by Crippen LogP contribution is -2.45. The highest BCUT2D eigenvalue weighted by Crippen LogP contribution is 2.33. The standard InChI is InChI=1S/C17H16ClN3O3/c1-11-17(23)21(13-4-2-3-5-14(13)24-11)9-8-16(22)20-15-7-6-12(18)10-19-15/h2-7,10-11H,8-9H2,1H3,(H,19,20,22). The van der Waals surface area contributed by atoms with E-state index >= 15 is 0 Å². The van der Waals surface area contributed by atoms with Crippen LogP contribution >= 0.6 is 11.6 Å². The van der Waals surface area contributed by atoms with Gasteiger partial charge in [0.05, 0.1) is 10.7 Å². The first-order valence-electron chi connectivity index (χ1n) is 7.53. The number of rotatable bonds is 4. The summed E-state index contributed by atoms with van der Waals surface area (Å²) in [6.07, 6.45) is 1.04. The molecule has 0 spiro atoms. The average molecular weight is 346 g/mol. The van der Waals surface area contributed by atoms with E-state index in [1.807, 2.05) is 18.2 Å². The number of pyridine rings is 1. The van der Waals surface area contributed by atoms with Crippen molar-refractivity contribution in [1.29, 1.82) is 0 Å². The summed E-state index contributed by atoms with van der Waals surface area (Å²) < 4.78 is 5.57. The van der Waals surface area contributed by atoms with E-state index < -0.39 is 6.10 Å². The van der Waals surface area contributed by atoms with Crippen LogP contribution in [0.25, 0.3) is 0 Å². The van der Waals surface area contributed by atoms with E-state index in [1.165, 1.54) is 6.20 Å². The molecule has 1 unspecified atom stereocenters. The highest BCUT2D eigenvalue weighted by Gasteiger charge is 2.31. The van der Waals surface area contributed by atoms with Crippen LogP contribution in [-0.4, -0.2) is 29.4 Å². The van der Waals surface area contributed by atoms with Crippen molar-refractivity contribution in [3.63, 3.8) is 0 Å². The number of nitrogens with one attached hydrogen (secondary N) is 1. The Bertz CT molecular complexity index is 764. The molecule has 24 heavy (non-hydrogen) atoms. The number of anilines is 2. The Labute approximate surface area is 144 Å². The molecule has 2 aromatic rings. The van der Waals surface area contributed by atoms with Gasteiger partial charge < -0.3 is 15.0 Å². The van der Waals surface area contributed by atoms with E-state index in [1.54, 1.807) is 30.0 Å². The molecule has 0 saturated carbocycles. The van der Waals surface area contributed by atoms with Gasteiger partial charge in [-0.3, -0.25) is 9.59 Å². The minimum Gasteiger partial charge on any atom is -0.479 e. The number of carbonyl (C=O) groups excluding carboxylic acids is 2. The number of amides is 2. The van der Waals surface area contributed by atoms with Crippen LogP contribution in [0.1, 0.15) is 13.3 Å². The molecular formula is C17H16ClN3O3. The second kappa shape index (κ2) is 6.88. The quantitative estimate of drug-likeness (QED) is 0.924. The van der Waals surface area contributed by atoms with Crippen molar-refractivity contribution in [3.8, 4) is 5.75 Å². The number of nitrogens with zero attached hydrogens (tertiary/aromatic N) is 2. The number of para-hydroxylation sites is 2. The Balaban J connectivity index is 1.66. The van der Waals surface area contributed by atoms with Crippen molar-refractivity contribution in [2.75, 3.05) is 16.8 Å². The third-order valence-corrected chi connectivity index (χ3v) is 3.85. The molecule has 0 aliphatic carbocycles. The number of halogens is 1. The maximum Gasteiger partial charge on any atom is 0.267 e. The van der Waals surface area contributed by atoms with Gasteiger partial charge in [-0.1, -0.05) is 23.7 Å². The number of aromatic nitrogens is 1. The molecule has 0 fully saturated rings. The van der Waals surface area contributed by atoms with E-state index in [4.69, 9.17) is 16.3 Å². The topological polar surface area (TPSA) is 71.5 Å². The van der Waals surface area contributed by atoms with Crippen molar-refractivity contribution in [2.45, 2.75) is 19.4 Å². The molecule has 0 radical (unpaired) electrons. The number of benzene rings is 1. The molecule has 124 valence electrons. The summed E-state index contributed by atoms with van der Waals surface area (Å²) in [7, 11) is 0. The van der Waals surface area contributed by atoms with Crippen LogP contribution in [0.4, 0.5) is 11.5 Å². The van der Waals surface area contributed by atoms with Crippen LogP contribution in [0.5, 0.6) is 5.75 Å². The summed E-state index contributed by atoms with van der Waals surface area (Å²) in [5.74, 6) is 0.677. The number of carbonyl (C=O) groups is 2. The fraction of sp³-hybridized carbons (Fsp3) is 0.235. The molecule has 2 amide bonds. The monoisotopic (exact) mass is 345 g/mol. The maximum absolute atomic E-state index is 12.3. The molecule has 1 N–H and O–H groups in total. The lowest BCUT2D eigenvalue weighted by atomic mass is 10.1. The Morgan fingerprint density at radius 3 is 2.88 bits per heavy atom. The van der Waals surface area contributed by atoms with Gasteiger partial charge in [-0.05, 0) is 31.2 Å². The smallest absolute Gasteiger partial charge is 0.267 e. The summed E-state index contributed by atoms with van der Waals surface area (Å²) in [6.45, 7) is 1.96. The molecule has 1 atom stereocenters. The largest absolute Gasteiger partial charge is 0.479 e. The summed E-state index contributed by atoms with van der Waals surface area (Å²) in [6, 6.07) is 10.6. The lowest BCUT2D eigenvalue weighted by molar-refractivity contribution is -0.125. The van der Waals surface area contributed by atoms with Crippen LogP contribution < -0.4 is 15.0 Å². The summed E-state index contributed by atoms with van der Waals surface area (Å²) in [5.41, 5.74) is 0.679. The highest BCUT2D eigenvalue weighted by molar-refractivity contribution is 6.30. The predicted octanol–water partition coefficient (Wildman–Crippen LogP) is 2.88. The Hall–Kier alpha value is -2.60. The lowest BCUT2D eigenvalue weighted by Gasteiger charge is -2.32. The van der Waals surface area contributed by atoms with E-state index in [0.29, 0.717) is 22.3 Å². The highest BCUT2D eigenvalue weighted by atomic mass is 35.5. The summed E-state index contributed by atoms with van der Waals surface area (Å²) >= 11 is 5.76. The van der Waals surface area contributed by atoms with Gasteiger partial charge in [0.2, 0.25) is 5.91 Å². The SMILES string of the molecule is CC1Oc2ccccc2N(CCC(=O)Nc2ccc(Cl)cn2)C1=O. The summed E-state index contributed by atoms with van der Waals surface area (Å²) in [5, 5.41) is 3.18. The van der Waals surface area contributed by atoms with E-state index in [-0.39, 0.29) is 24.8 Å². The Kier molecular flexibility index (Phi) is 4.66. The van der Waals surface area contributed by atoms with E-state index in [2.05, 4.69) is 10.3 Å². The molecule has 1 aliphatic rings. The minimum atomic E-state index is -0.569. The molecule has 7 heteroatoms. The third kappa shape index (κ3) is 3.49. The van der Waals surface area contributed by atoms with Crippen molar-refractivity contribution in [1.82, 2.24) is 4.98 Å². The Morgan fingerprint density at radius 1 is 1.33 bits per heavy atom. The zero-order valence-electron chi connectivity index (χ0n) is 13.0. The van der Waals surface area contributed by atoms with Gasteiger partial charge in [-0.25, -0.2) is 4.98 Å². The molecule has 6 nitrogen and oxygen atoms in total. The first-order valence-corrected chi connectivity index (χ1v) is 7.91. The number of hydrogen-bond acceptors (Lipinski definition) is 4. The van der Waals surface area contributed by atoms with Crippen molar-refractivity contribution in [2.24, 2.45) is 0 Å². The fourth-order valence-corrected chi connectivity index (χ4v) is 2.57. The molecule has 1 aliphatic heterocycles. The second-order valence-corrected chi connectivity index (χ2v) is 5.81. The van der Waals surface area contributed by atoms with Crippen LogP contribution in [0.15, 0.2) is 42.6 Å². The Morgan fingerprint density at radius 2 is 2.12 bits per heavy atom. The molecular weight excluding hydrogens is 330 g/mol. The van der Waals surface area contributed by atoms with Crippen molar-refractivity contribution >= 4 is 34.9 Å². The van der Waals surface area contributed by atoms with Gasteiger partial charge in [0.15, 0.2) is 6.10 Å². The van der Waals surface area contributed by atoms with Gasteiger partial charge in [0.25, 0.3) is 5.91 Å². The molecule has 1 aromatic carbocycles. The van der Waals surface area contributed by atoms with Crippen LogP contribution in [0.3, 0.4) is 0 Å². The van der Waals surface area contributed by atoms with Gasteiger partial charge in [-0.2, -0.15) is 0 Å². The van der Waals surface area contributed by atoms with Crippen LogP contribution in [-0.2, 0) is 9.59 Å². The zero-order chi connectivity index (χ0) is 17.1. The van der Waals surface area contributed by atoms with Crippen molar-refractivity contribution in [3.05, 3.63) is 47.6 Å². The van der Waals surface area contributed by atoms with Gasteiger partial charge in [0.1, 0.15) is 11.6 Å². The molecule has 2 heterocycles. The minimum absolute atomic E-state index is 0.150. The normalized spacial score (nSPS) is 16.3. The van der Waals surface area contributed by atoms with Crippen LogP contribution in [0, 0.1) is 0 Å². The number of ether oxygens (including phenoxy) is 1. The van der Waals surface area contributed by atoms with Gasteiger partial charge in [0, 0.05) is 19.2 Å². The average Bonchev–Trinajstić information content (AvgIpc) is 2.57. The molecule has 0 bridgehead atoms. The summed E-state index contributed by atoms with van der Waals surface area (Å²) in [4.78, 5) is 30.0. The fourth-order valence-electron chi connectivity index (χ4n) is 2.46. The molecule has 1 aromatic heterocycles. The first kappa shape index (κ1) is 16.3. The molecule has 3 rings (SSSR count). The predicted molar refractivity (Wildman–Crippen MR) is 91.4 cm³/mol. The van der Waals surface area contributed by atoms with E-state index in [0.717, 1.165) is 0 Å². The second-order valence-electron chi connectivity index (χ2n) is 5.38. The number of fused-ring (bicyclic) bond motifs is 1. The number of hydrogen-bond donors (Lipinski definition) is 1. The van der Waals surface area contributed by atoms with E-state index in [9.17, 15) is 9.59 Å². The molecule has 0 saturated heterocycles. The maximum atomic E-state index is 12.3. The van der Waals surface area contributed by atoms with Gasteiger partial charge in [-0.15, -0.1) is 0 Å². The van der Waals surface area contributed by atoms with Crippen molar-refractivity contribution < 1.29 is 14.3 Å². The zero-order valence-corrected chi connectivity index (χ0v) is 13.8. The van der Waals surface area contributed by atoms with Gasteiger partial charge >= 0.3 is 0 Å². The first-order chi connectivity index (χ1) is 11.5. The van der Waals surface area contributed by atoms with Crippen LogP contribution in [0.2, 0.25) is 5.02 Å².